The summed E-state index contributed by atoms with van der Waals surface area (Å²) in [5.41, 5.74) is -0.0378. The summed E-state index contributed by atoms with van der Waals surface area (Å²) in [5.74, 6) is -1.18. The third-order valence-electron chi connectivity index (χ3n) is 3.98. The Morgan fingerprint density at radius 1 is 1.44 bits per heavy atom. The van der Waals surface area contributed by atoms with Crippen molar-refractivity contribution in [2.45, 2.75) is 44.4 Å². The quantitative estimate of drug-likeness (QED) is 0.813. The Hall–Kier alpha value is -0.650. The molecule has 0 saturated carbocycles. The van der Waals surface area contributed by atoms with Gasteiger partial charge in [0.25, 0.3) is 0 Å². The molecule has 2 aliphatic rings. The lowest BCUT2D eigenvalue weighted by Crippen LogP contribution is -2.44. The monoisotopic (exact) mass is 257 g/mol. The van der Waals surface area contributed by atoms with Crippen LogP contribution in [0.2, 0.25) is 0 Å². The van der Waals surface area contributed by atoms with Crippen LogP contribution < -0.4 is 0 Å². The van der Waals surface area contributed by atoms with Gasteiger partial charge in [0.2, 0.25) is 0 Å². The van der Waals surface area contributed by atoms with Crippen LogP contribution in [-0.2, 0) is 14.3 Å². The van der Waals surface area contributed by atoms with Gasteiger partial charge >= 0.3 is 5.97 Å². The average molecular weight is 257 g/mol. The smallest absolute Gasteiger partial charge is 0.310 e. The van der Waals surface area contributed by atoms with E-state index in [1.54, 1.807) is 0 Å². The van der Waals surface area contributed by atoms with E-state index in [1.165, 1.54) is 0 Å². The summed E-state index contributed by atoms with van der Waals surface area (Å²) in [5, 5.41) is 9.14. The molecule has 104 valence electrons. The number of carbonyl (C=O) groups is 1. The molecule has 2 heterocycles. The Kier molecular flexibility index (Phi) is 3.94. The molecule has 3 unspecified atom stereocenters. The summed E-state index contributed by atoms with van der Waals surface area (Å²) in [7, 11) is 1.96. The van der Waals surface area contributed by atoms with Gasteiger partial charge in [0.05, 0.1) is 30.8 Å². The Labute approximate surface area is 108 Å². The highest BCUT2D eigenvalue weighted by atomic mass is 16.5. The predicted octanol–water partition coefficient (Wildman–Crippen LogP) is 0.975. The molecule has 0 aliphatic carbocycles. The van der Waals surface area contributed by atoms with Crippen molar-refractivity contribution < 1.29 is 19.4 Å². The van der Waals surface area contributed by atoms with Crippen molar-refractivity contribution in [1.82, 2.24) is 4.90 Å². The zero-order chi connectivity index (χ0) is 13.3. The van der Waals surface area contributed by atoms with E-state index < -0.39 is 11.9 Å². The molecule has 0 amide bonds. The Balaban J connectivity index is 1.88. The molecule has 1 N–H and O–H groups in total. The van der Waals surface area contributed by atoms with E-state index in [1.807, 2.05) is 7.05 Å². The molecule has 3 atom stereocenters. The van der Waals surface area contributed by atoms with Gasteiger partial charge in [-0.2, -0.15) is 0 Å². The molecule has 18 heavy (non-hydrogen) atoms. The number of ether oxygens (including phenoxy) is 2. The first-order valence-electron chi connectivity index (χ1n) is 6.58. The summed E-state index contributed by atoms with van der Waals surface area (Å²) >= 11 is 0. The second kappa shape index (κ2) is 5.15. The molecule has 0 aromatic heterocycles. The van der Waals surface area contributed by atoms with E-state index in [-0.39, 0.29) is 17.7 Å². The lowest BCUT2D eigenvalue weighted by atomic mass is 10.0. The van der Waals surface area contributed by atoms with Crippen LogP contribution in [0.25, 0.3) is 0 Å². The zero-order valence-electron chi connectivity index (χ0n) is 11.4. The molecule has 0 bridgehead atoms. The van der Waals surface area contributed by atoms with Crippen molar-refractivity contribution in [2.75, 3.05) is 26.8 Å². The molecule has 0 aromatic carbocycles. The summed E-state index contributed by atoms with van der Waals surface area (Å²) in [4.78, 5) is 13.2. The first-order valence-corrected chi connectivity index (χ1v) is 6.58. The Morgan fingerprint density at radius 3 is 2.72 bits per heavy atom. The number of hydrogen-bond donors (Lipinski definition) is 1. The number of carboxylic acid groups (broad SMARTS) is 1. The molecular formula is C13H23NO4. The van der Waals surface area contributed by atoms with Crippen molar-refractivity contribution >= 4 is 5.97 Å². The number of nitrogens with zero attached hydrogens (tertiary/aromatic N) is 1. The fraction of sp³-hybridized carbons (Fsp3) is 0.923. The molecule has 2 fully saturated rings. The predicted molar refractivity (Wildman–Crippen MR) is 66.5 cm³/mol. The highest BCUT2D eigenvalue weighted by molar-refractivity contribution is 5.71. The van der Waals surface area contributed by atoms with E-state index in [4.69, 9.17) is 14.6 Å². The van der Waals surface area contributed by atoms with E-state index in [0.717, 1.165) is 19.4 Å². The van der Waals surface area contributed by atoms with Gasteiger partial charge in [-0.15, -0.1) is 0 Å². The molecule has 0 radical (unpaired) electrons. The largest absolute Gasteiger partial charge is 0.481 e. The lowest BCUT2D eigenvalue weighted by Gasteiger charge is -2.29. The SMILES string of the molecule is CN(CC1CCC(C)(C)O1)C1COCC1C(=O)O. The second-order valence-corrected chi connectivity index (χ2v) is 6.03. The van der Waals surface area contributed by atoms with E-state index >= 15 is 0 Å². The normalized spacial score (nSPS) is 35.2. The van der Waals surface area contributed by atoms with Gasteiger partial charge in [-0.05, 0) is 33.7 Å². The number of hydrogen-bond acceptors (Lipinski definition) is 4. The van der Waals surface area contributed by atoms with Crippen molar-refractivity contribution in [3.05, 3.63) is 0 Å². The fourth-order valence-corrected chi connectivity index (χ4v) is 2.88. The maximum Gasteiger partial charge on any atom is 0.310 e. The van der Waals surface area contributed by atoms with Crippen LogP contribution in [-0.4, -0.2) is 60.5 Å². The minimum atomic E-state index is -0.767. The Bertz CT molecular complexity index is 318. The maximum absolute atomic E-state index is 11.1. The lowest BCUT2D eigenvalue weighted by molar-refractivity contribution is -0.143. The van der Waals surface area contributed by atoms with Gasteiger partial charge in [-0.25, -0.2) is 0 Å². The van der Waals surface area contributed by atoms with Gasteiger partial charge in [0.15, 0.2) is 0 Å². The van der Waals surface area contributed by atoms with Crippen molar-refractivity contribution in [1.29, 1.82) is 0 Å². The summed E-state index contributed by atoms with van der Waals surface area (Å²) < 4.78 is 11.2. The van der Waals surface area contributed by atoms with Crippen LogP contribution in [0, 0.1) is 5.92 Å². The molecule has 2 rings (SSSR count). The molecule has 2 aliphatic heterocycles. The molecule has 0 spiro atoms. The zero-order valence-corrected chi connectivity index (χ0v) is 11.4. The third kappa shape index (κ3) is 3.02. The Morgan fingerprint density at radius 2 is 2.17 bits per heavy atom. The van der Waals surface area contributed by atoms with Crippen molar-refractivity contribution in [3.8, 4) is 0 Å². The van der Waals surface area contributed by atoms with Gasteiger partial charge in [0.1, 0.15) is 0 Å². The molecule has 0 aromatic rings. The van der Waals surface area contributed by atoms with Gasteiger partial charge in [-0.1, -0.05) is 0 Å². The summed E-state index contributed by atoms with van der Waals surface area (Å²) in [6.07, 6.45) is 2.32. The topological polar surface area (TPSA) is 59.0 Å². The standard InChI is InChI=1S/C13H23NO4/c1-13(2)5-4-9(18-13)6-14(3)11-8-17-7-10(11)12(15)16/h9-11H,4-8H2,1-3H3,(H,15,16). The van der Waals surface area contributed by atoms with Crippen LogP contribution in [0.3, 0.4) is 0 Å². The highest BCUT2D eigenvalue weighted by Crippen LogP contribution is 2.30. The minimum Gasteiger partial charge on any atom is -0.481 e. The number of rotatable bonds is 4. The van der Waals surface area contributed by atoms with Crippen molar-refractivity contribution in [2.24, 2.45) is 5.92 Å². The highest BCUT2D eigenvalue weighted by Gasteiger charge is 2.39. The van der Waals surface area contributed by atoms with Crippen molar-refractivity contribution in [3.63, 3.8) is 0 Å². The molecule has 2 saturated heterocycles. The summed E-state index contributed by atoms with van der Waals surface area (Å²) in [6, 6.07) is -0.0326. The van der Waals surface area contributed by atoms with Crippen LogP contribution in [0.4, 0.5) is 0 Å². The molecule has 5 nitrogen and oxygen atoms in total. The minimum absolute atomic E-state index is 0.0326. The average Bonchev–Trinajstić information content (AvgIpc) is 2.84. The van der Waals surface area contributed by atoms with Crippen LogP contribution in [0.15, 0.2) is 0 Å². The number of likely N-dealkylation sites (N-methyl/N-ethyl adjacent to an activating group) is 1. The first-order chi connectivity index (χ1) is 8.39. The fourth-order valence-electron chi connectivity index (χ4n) is 2.88. The molecular weight excluding hydrogens is 234 g/mol. The number of aliphatic carboxylic acids is 1. The van der Waals surface area contributed by atoms with Gasteiger partial charge in [0, 0.05) is 12.6 Å². The summed E-state index contributed by atoms with van der Waals surface area (Å²) in [6.45, 7) is 5.81. The second-order valence-electron chi connectivity index (χ2n) is 6.03. The van der Waals surface area contributed by atoms with Crippen LogP contribution in [0.1, 0.15) is 26.7 Å². The maximum atomic E-state index is 11.1. The van der Waals surface area contributed by atoms with Crippen LogP contribution >= 0.6 is 0 Å². The van der Waals surface area contributed by atoms with Gasteiger partial charge < -0.3 is 14.6 Å². The molecule has 5 heteroatoms. The van der Waals surface area contributed by atoms with Crippen LogP contribution in [0.5, 0.6) is 0 Å². The first kappa shape index (κ1) is 13.8. The van der Waals surface area contributed by atoms with Gasteiger partial charge in [-0.3, -0.25) is 9.69 Å². The van der Waals surface area contributed by atoms with E-state index in [2.05, 4.69) is 18.7 Å². The third-order valence-corrected chi connectivity index (χ3v) is 3.98. The van der Waals surface area contributed by atoms with E-state index in [9.17, 15) is 4.79 Å². The van der Waals surface area contributed by atoms with E-state index in [0.29, 0.717) is 13.2 Å². The number of carboxylic acids is 1.